The number of nitrogens with zero attached hydrogens (tertiary/aromatic N) is 2. The van der Waals surface area contributed by atoms with Gasteiger partial charge < -0.3 is 0 Å². The van der Waals surface area contributed by atoms with Gasteiger partial charge >= 0.3 is 0 Å². The number of nitriles is 1. The minimum atomic E-state index is -1.18. The maximum absolute atomic E-state index is 14.5. The molecular formula is C23H28F2N2. The van der Waals surface area contributed by atoms with Gasteiger partial charge in [-0.15, -0.1) is 0 Å². The number of hydrogen-bond donors (Lipinski definition) is 0. The second-order valence-corrected chi connectivity index (χ2v) is 7.62. The molecule has 0 radical (unpaired) electrons. The monoisotopic (exact) mass is 370 g/mol. The summed E-state index contributed by atoms with van der Waals surface area (Å²) in [6, 6.07) is 16.4. The number of benzene rings is 2. The van der Waals surface area contributed by atoms with Crippen molar-refractivity contribution in [2.75, 3.05) is 7.05 Å². The molecule has 2 aromatic rings. The molecule has 0 amide bonds. The number of halogens is 2. The van der Waals surface area contributed by atoms with Gasteiger partial charge in [-0.2, -0.15) is 5.26 Å². The van der Waals surface area contributed by atoms with E-state index in [1.807, 2.05) is 39.1 Å². The third-order valence-corrected chi connectivity index (χ3v) is 5.58. The van der Waals surface area contributed by atoms with Crippen LogP contribution in [-0.4, -0.2) is 18.0 Å². The lowest BCUT2D eigenvalue weighted by Gasteiger charge is -2.34. The Morgan fingerprint density at radius 3 is 2.11 bits per heavy atom. The van der Waals surface area contributed by atoms with Gasteiger partial charge in [-0.1, -0.05) is 50.2 Å². The average molecular weight is 370 g/mol. The van der Waals surface area contributed by atoms with E-state index < -0.39 is 17.0 Å². The van der Waals surface area contributed by atoms with Gasteiger partial charge in [0.05, 0.1) is 11.5 Å². The summed E-state index contributed by atoms with van der Waals surface area (Å²) in [5.74, 6) is -1.49. The van der Waals surface area contributed by atoms with E-state index in [1.165, 1.54) is 23.8 Å². The Kier molecular flexibility index (Phi) is 7.10. The Labute approximate surface area is 161 Å². The highest BCUT2D eigenvalue weighted by molar-refractivity contribution is 5.36. The van der Waals surface area contributed by atoms with Crippen LogP contribution in [0.15, 0.2) is 48.5 Å². The number of rotatable bonds is 8. The molecule has 144 valence electrons. The Hall–Kier alpha value is -2.25. The van der Waals surface area contributed by atoms with Crippen molar-refractivity contribution in [1.29, 1.82) is 5.26 Å². The molecule has 2 aromatic carbocycles. The normalized spacial score (nSPS) is 14.8. The zero-order valence-electron chi connectivity index (χ0n) is 16.5. The van der Waals surface area contributed by atoms with Crippen molar-refractivity contribution in [3.63, 3.8) is 0 Å². The summed E-state index contributed by atoms with van der Waals surface area (Å²) in [4.78, 5) is 2.20. The molecule has 2 unspecified atom stereocenters. The van der Waals surface area contributed by atoms with Gasteiger partial charge in [0.25, 0.3) is 0 Å². The van der Waals surface area contributed by atoms with E-state index in [9.17, 15) is 14.0 Å². The minimum Gasteiger partial charge on any atom is -0.299 e. The van der Waals surface area contributed by atoms with Gasteiger partial charge in [0, 0.05) is 18.2 Å². The molecular weight excluding hydrogens is 342 g/mol. The van der Waals surface area contributed by atoms with Crippen molar-refractivity contribution in [3.05, 3.63) is 71.3 Å². The molecule has 4 heteroatoms. The smallest absolute Gasteiger partial charge is 0.130 e. The van der Waals surface area contributed by atoms with E-state index in [-0.39, 0.29) is 17.5 Å². The molecule has 0 aliphatic carbocycles. The first-order valence-electron chi connectivity index (χ1n) is 9.41. The SMILES string of the molecule is CC(CCC(C#N)(c1c(F)cccc1F)C(C)C)N(C)Cc1ccccc1. The van der Waals surface area contributed by atoms with Gasteiger partial charge in [0.15, 0.2) is 0 Å². The van der Waals surface area contributed by atoms with Gasteiger partial charge in [-0.3, -0.25) is 4.90 Å². The highest BCUT2D eigenvalue weighted by atomic mass is 19.1. The van der Waals surface area contributed by atoms with Crippen LogP contribution in [0.1, 0.15) is 44.7 Å². The van der Waals surface area contributed by atoms with E-state index in [0.29, 0.717) is 12.8 Å². The first kappa shape index (κ1) is 21.1. The molecule has 0 saturated heterocycles. The first-order valence-corrected chi connectivity index (χ1v) is 9.41. The second-order valence-electron chi connectivity index (χ2n) is 7.62. The lowest BCUT2D eigenvalue weighted by atomic mass is 9.69. The third kappa shape index (κ3) is 4.73. The standard InChI is InChI=1S/C23H28F2N2/c1-17(2)23(16-26,22-20(24)11-8-12-21(22)25)14-13-18(3)27(4)15-19-9-6-5-7-10-19/h5-12,17-18H,13-15H2,1-4H3. The molecule has 2 atom stereocenters. The van der Waals surface area contributed by atoms with E-state index in [0.717, 1.165) is 6.54 Å². The maximum Gasteiger partial charge on any atom is 0.130 e. The van der Waals surface area contributed by atoms with Crippen LogP contribution >= 0.6 is 0 Å². The molecule has 0 aromatic heterocycles. The lowest BCUT2D eigenvalue weighted by molar-refractivity contribution is 0.213. The van der Waals surface area contributed by atoms with Crippen LogP contribution in [0.25, 0.3) is 0 Å². The van der Waals surface area contributed by atoms with Gasteiger partial charge in [-0.05, 0) is 50.4 Å². The molecule has 0 saturated carbocycles. The predicted octanol–water partition coefficient (Wildman–Crippen LogP) is 5.68. The summed E-state index contributed by atoms with van der Waals surface area (Å²) >= 11 is 0. The third-order valence-electron chi connectivity index (χ3n) is 5.58. The fourth-order valence-electron chi connectivity index (χ4n) is 3.55. The molecule has 2 nitrogen and oxygen atoms in total. The molecule has 0 heterocycles. The molecule has 0 N–H and O–H groups in total. The Morgan fingerprint density at radius 2 is 1.59 bits per heavy atom. The Bertz CT molecular complexity index is 762. The summed E-state index contributed by atoms with van der Waals surface area (Å²) in [5, 5.41) is 9.94. The van der Waals surface area contributed by atoms with Gasteiger partial charge in [-0.25, -0.2) is 8.78 Å². The van der Waals surface area contributed by atoms with Gasteiger partial charge in [0.2, 0.25) is 0 Å². The van der Waals surface area contributed by atoms with E-state index in [4.69, 9.17) is 0 Å². The van der Waals surface area contributed by atoms with Crippen LogP contribution in [0.5, 0.6) is 0 Å². The fraction of sp³-hybridized carbons (Fsp3) is 0.435. The molecule has 2 rings (SSSR count). The summed E-state index contributed by atoms with van der Waals surface area (Å²) in [7, 11) is 2.03. The summed E-state index contributed by atoms with van der Waals surface area (Å²) in [6.07, 6.45) is 1.07. The quantitative estimate of drug-likeness (QED) is 0.597. The van der Waals surface area contributed by atoms with E-state index in [1.54, 1.807) is 0 Å². The van der Waals surface area contributed by atoms with Crippen molar-refractivity contribution in [3.8, 4) is 6.07 Å². The summed E-state index contributed by atoms with van der Waals surface area (Å²) in [5.41, 5.74) is -0.0695. The van der Waals surface area contributed by atoms with Crippen molar-refractivity contribution in [2.45, 2.75) is 51.6 Å². The molecule has 27 heavy (non-hydrogen) atoms. The fourth-order valence-corrected chi connectivity index (χ4v) is 3.55. The van der Waals surface area contributed by atoms with Crippen LogP contribution in [0.2, 0.25) is 0 Å². The zero-order valence-corrected chi connectivity index (χ0v) is 16.5. The maximum atomic E-state index is 14.5. The Balaban J connectivity index is 2.19. The largest absolute Gasteiger partial charge is 0.299 e. The van der Waals surface area contributed by atoms with Crippen LogP contribution in [0.3, 0.4) is 0 Å². The van der Waals surface area contributed by atoms with Crippen molar-refractivity contribution in [2.24, 2.45) is 5.92 Å². The first-order chi connectivity index (χ1) is 12.8. The van der Waals surface area contributed by atoms with Crippen LogP contribution < -0.4 is 0 Å². The van der Waals surface area contributed by atoms with Crippen molar-refractivity contribution >= 4 is 0 Å². The predicted molar refractivity (Wildman–Crippen MR) is 105 cm³/mol. The average Bonchev–Trinajstić information content (AvgIpc) is 2.64. The second kappa shape index (κ2) is 9.10. The van der Waals surface area contributed by atoms with Crippen LogP contribution in [-0.2, 0) is 12.0 Å². The molecule has 0 bridgehead atoms. The molecule has 0 fully saturated rings. The summed E-state index contributed by atoms with van der Waals surface area (Å²) in [6.45, 7) is 6.58. The van der Waals surface area contributed by atoms with Crippen LogP contribution in [0, 0.1) is 28.9 Å². The Morgan fingerprint density at radius 1 is 1.00 bits per heavy atom. The van der Waals surface area contributed by atoms with E-state index in [2.05, 4.69) is 30.0 Å². The van der Waals surface area contributed by atoms with E-state index >= 15 is 0 Å². The highest BCUT2D eigenvalue weighted by Crippen LogP contribution is 2.40. The zero-order chi connectivity index (χ0) is 20.0. The summed E-state index contributed by atoms with van der Waals surface area (Å²) < 4.78 is 28.9. The highest BCUT2D eigenvalue weighted by Gasteiger charge is 2.40. The van der Waals surface area contributed by atoms with Gasteiger partial charge in [0.1, 0.15) is 11.6 Å². The topological polar surface area (TPSA) is 27.0 Å². The van der Waals surface area contributed by atoms with Crippen molar-refractivity contribution < 1.29 is 8.78 Å². The minimum absolute atomic E-state index is 0.0968. The molecule has 0 spiro atoms. The van der Waals surface area contributed by atoms with Crippen LogP contribution in [0.4, 0.5) is 8.78 Å². The number of hydrogen-bond acceptors (Lipinski definition) is 2. The van der Waals surface area contributed by atoms with Crippen molar-refractivity contribution in [1.82, 2.24) is 4.90 Å². The molecule has 0 aliphatic rings. The molecule has 0 aliphatic heterocycles. The lowest BCUT2D eigenvalue weighted by Crippen LogP contribution is -2.36.